The van der Waals surface area contributed by atoms with Gasteiger partial charge < -0.3 is 4.90 Å². The third-order valence-corrected chi connectivity index (χ3v) is 2.58. The zero-order valence-corrected chi connectivity index (χ0v) is 9.28. The fourth-order valence-electron chi connectivity index (χ4n) is 1.74. The average Bonchev–Trinajstić information content (AvgIpc) is 2.00. The van der Waals surface area contributed by atoms with Crippen molar-refractivity contribution in [2.45, 2.75) is 39.2 Å². The third kappa shape index (κ3) is 3.84. The second-order valence-electron chi connectivity index (χ2n) is 3.52. The summed E-state index contributed by atoms with van der Waals surface area (Å²) in [6.45, 7) is 4.33. The molecule has 1 atom stereocenters. The van der Waals surface area contributed by atoms with Crippen molar-refractivity contribution >= 4 is 0 Å². The van der Waals surface area contributed by atoms with E-state index >= 15 is 0 Å². The molecule has 0 amide bonds. The van der Waals surface area contributed by atoms with Crippen molar-refractivity contribution in [1.82, 2.24) is 4.90 Å². The van der Waals surface area contributed by atoms with E-state index < -0.39 is 24.3 Å². The molecule has 0 rings (SSSR count). The van der Waals surface area contributed by atoms with E-state index in [2.05, 4.69) is 0 Å². The Labute approximate surface area is 90.4 Å². The first-order valence-electron chi connectivity index (χ1n) is 4.93. The van der Waals surface area contributed by atoms with E-state index in [4.69, 9.17) is 0 Å². The molecule has 0 spiro atoms. The molecule has 98 valence electrons. The first-order valence-corrected chi connectivity index (χ1v) is 4.93. The number of rotatable bonds is 4. The Morgan fingerprint density at radius 2 is 1.19 bits per heavy atom. The molecule has 0 N–H and O–H groups in total. The van der Waals surface area contributed by atoms with Gasteiger partial charge in [-0.2, -0.15) is 26.3 Å². The Morgan fingerprint density at radius 1 is 0.875 bits per heavy atom. The zero-order chi connectivity index (χ0) is 13.1. The van der Waals surface area contributed by atoms with Crippen LogP contribution < -0.4 is 0 Å². The lowest BCUT2D eigenvalue weighted by Crippen LogP contribution is -2.51. The summed E-state index contributed by atoms with van der Waals surface area (Å²) in [7, 11) is 0. The first-order chi connectivity index (χ1) is 7.05. The highest BCUT2D eigenvalue weighted by Crippen LogP contribution is 2.42. The van der Waals surface area contributed by atoms with Crippen molar-refractivity contribution in [3.63, 3.8) is 0 Å². The summed E-state index contributed by atoms with van der Waals surface area (Å²) in [6.07, 6.45) is -10.5. The lowest BCUT2D eigenvalue weighted by Gasteiger charge is -2.35. The van der Waals surface area contributed by atoms with E-state index in [-0.39, 0.29) is 13.1 Å². The van der Waals surface area contributed by atoms with Crippen LogP contribution in [0.5, 0.6) is 0 Å². The van der Waals surface area contributed by atoms with Crippen molar-refractivity contribution in [3.05, 3.63) is 0 Å². The van der Waals surface area contributed by atoms with Gasteiger partial charge in [-0.3, -0.25) is 0 Å². The molecule has 0 saturated heterocycles. The first kappa shape index (κ1) is 15.5. The average molecular weight is 251 g/mol. The minimum absolute atomic E-state index is 0.153. The number of hydrogen-bond acceptors (Lipinski definition) is 1. The maximum atomic E-state index is 12.4. The fraction of sp³-hybridized carbons (Fsp3) is 1.00. The molecule has 0 aliphatic rings. The molecule has 0 aromatic rings. The van der Waals surface area contributed by atoms with Crippen LogP contribution in [0.25, 0.3) is 0 Å². The highest BCUT2D eigenvalue weighted by Gasteiger charge is 2.59. The van der Waals surface area contributed by atoms with Gasteiger partial charge in [0.25, 0.3) is 0 Å². The van der Waals surface area contributed by atoms with Crippen molar-refractivity contribution in [2.24, 2.45) is 5.92 Å². The molecular formula is C9H15F6N. The van der Waals surface area contributed by atoms with E-state index in [0.29, 0.717) is 0 Å². The number of nitrogens with zero attached hydrogens (tertiary/aromatic N) is 1. The van der Waals surface area contributed by atoms with E-state index in [1.807, 2.05) is 0 Å². The largest absolute Gasteiger partial charge is 0.401 e. The molecule has 0 radical (unpaired) electrons. The lowest BCUT2D eigenvalue weighted by atomic mass is 9.98. The molecule has 7 heteroatoms. The second kappa shape index (κ2) is 5.25. The number of alkyl halides is 6. The van der Waals surface area contributed by atoms with Crippen LogP contribution in [0.1, 0.15) is 20.8 Å². The van der Waals surface area contributed by atoms with Crippen molar-refractivity contribution in [1.29, 1.82) is 0 Å². The Hall–Kier alpha value is -0.460. The van der Waals surface area contributed by atoms with Crippen LogP contribution in [-0.4, -0.2) is 36.4 Å². The van der Waals surface area contributed by atoms with Gasteiger partial charge in [0.1, 0.15) is 0 Å². The normalized spacial score (nSPS) is 15.9. The van der Waals surface area contributed by atoms with E-state index in [1.54, 1.807) is 0 Å². The topological polar surface area (TPSA) is 3.24 Å². The summed E-state index contributed by atoms with van der Waals surface area (Å²) in [6, 6.07) is -1.60. The molecule has 0 saturated carbocycles. The van der Waals surface area contributed by atoms with Crippen molar-refractivity contribution < 1.29 is 26.3 Å². The monoisotopic (exact) mass is 251 g/mol. The van der Waals surface area contributed by atoms with Gasteiger partial charge in [0.05, 0.1) is 0 Å². The summed E-state index contributed by atoms with van der Waals surface area (Å²) in [5, 5.41) is 0. The van der Waals surface area contributed by atoms with E-state index in [0.717, 1.165) is 11.8 Å². The zero-order valence-electron chi connectivity index (χ0n) is 9.28. The summed E-state index contributed by atoms with van der Waals surface area (Å²) >= 11 is 0. The summed E-state index contributed by atoms with van der Waals surface area (Å²) in [5.41, 5.74) is 0. The Kier molecular flexibility index (Phi) is 5.10. The molecule has 0 aromatic heterocycles. The van der Waals surface area contributed by atoms with E-state index in [9.17, 15) is 26.3 Å². The molecule has 0 aliphatic carbocycles. The number of halogens is 6. The molecule has 1 unspecified atom stereocenters. The highest BCUT2D eigenvalue weighted by atomic mass is 19.4. The van der Waals surface area contributed by atoms with Gasteiger partial charge in [-0.15, -0.1) is 0 Å². The van der Waals surface area contributed by atoms with Crippen LogP contribution >= 0.6 is 0 Å². The summed E-state index contributed by atoms with van der Waals surface area (Å²) in [4.78, 5) is 1.14. The van der Waals surface area contributed by atoms with Gasteiger partial charge >= 0.3 is 12.4 Å². The quantitative estimate of drug-likeness (QED) is 0.692. The van der Waals surface area contributed by atoms with Crippen LogP contribution in [0.4, 0.5) is 26.3 Å². The Bertz CT molecular complexity index is 191. The van der Waals surface area contributed by atoms with Crippen LogP contribution in [0.15, 0.2) is 0 Å². The van der Waals surface area contributed by atoms with Gasteiger partial charge in [-0.1, -0.05) is 13.8 Å². The molecule has 1 nitrogen and oxygen atoms in total. The van der Waals surface area contributed by atoms with Crippen LogP contribution in [0, 0.1) is 5.92 Å². The third-order valence-electron chi connectivity index (χ3n) is 2.58. The van der Waals surface area contributed by atoms with Crippen LogP contribution in [-0.2, 0) is 0 Å². The van der Waals surface area contributed by atoms with Gasteiger partial charge in [-0.25, -0.2) is 0 Å². The van der Waals surface area contributed by atoms with Gasteiger partial charge in [0, 0.05) is 6.04 Å². The molecule has 0 heterocycles. The van der Waals surface area contributed by atoms with Crippen LogP contribution in [0.2, 0.25) is 0 Å². The fourth-order valence-corrected chi connectivity index (χ4v) is 1.74. The smallest absolute Gasteiger partial charge is 0.300 e. The minimum atomic E-state index is -5.26. The molecular weight excluding hydrogens is 236 g/mol. The molecule has 0 aliphatic heterocycles. The maximum Gasteiger partial charge on any atom is 0.401 e. The standard InChI is InChI=1S/C9H15F6N/c1-4-16(5-2)6(3)7(8(10,11)12)9(13,14)15/h6-7H,4-5H2,1-3H3. The Balaban J connectivity index is 5.06. The van der Waals surface area contributed by atoms with Crippen LogP contribution in [0.3, 0.4) is 0 Å². The molecule has 16 heavy (non-hydrogen) atoms. The van der Waals surface area contributed by atoms with Gasteiger partial charge in [0.2, 0.25) is 0 Å². The second-order valence-corrected chi connectivity index (χ2v) is 3.52. The van der Waals surface area contributed by atoms with Gasteiger partial charge in [-0.05, 0) is 20.0 Å². The lowest BCUT2D eigenvalue weighted by molar-refractivity contribution is -0.297. The molecule has 0 aromatic carbocycles. The number of hydrogen-bond donors (Lipinski definition) is 0. The molecule has 0 fully saturated rings. The highest BCUT2D eigenvalue weighted by molar-refractivity contribution is 4.85. The maximum absolute atomic E-state index is 12.4. The SMILES string of the molecule is CCN(CC)C(C)C(C(F)(F)F)C(F)(F)F. The predicted octanol–water partition coefficient (Wildman–Crippen LogP) is 3.46. The minimum Gasteiger partial charge on any atom is -0.300 e. The Morgan fingerprint density at radius 3 is 1.38 bits per heavy atom. The summed E-state index contributed by atoms with van der Waals surface area (Å²) < 4.78 is 74.1. The van der Waals surface area contributed by atoms with Crippen molar-refractivity contribution in [2.75, 3.05) is 13.1 Å². The predicted molar refractivity (Wildman–Crippen MR) is 48.0 cm³/mol. The summed E-state index contributed by atoms with van der Waals surface area (Å²) in [5.74, 6) is -3.29. The van der Waals surface area contributed by atoms with E-state index in [1.165, 1.54) is 13.8 Å². The van der Waals surface area contributed by atoms with Crippen molar-refractivity contribution in [3.8, 4) is 0 Å². The van der Waals surface area contributed by atoms with Gasteiger partial charge in [0.15, 0.2) is 5.92 Å². The molecule has 0 bridgehead atoms.